The number of aromatic hydroxyl groups is 1. The summed E-state index contributed by atoms with van der Waals surface area (Å²) in [4.78, 5) is 24.1. The largest absolute Gasteiger partial charge is 0.508 e. The van der Waals surface area contributed by atoms with E-state index in [0.717, 1.165) is 11.2 Å². The number of carbonyl (C=O) groups excluding carboxylic acids is 2. The minimum atomic E-state index is -0.439. The van der Waals surface area contributed by atoms with Gasteiger partial charge < -0.3 is 19.1 Å². The SMILES string of the molecule is CCOC(=O)c1c(C)n(-c2ccc(C(=O)OC)cc2)c2ccc(O)cc12. The molecule has 6 nitrogen and oxygen atoms in total. The number of hydrogen-bond acceptors (Lipinski definition) is 5. The molecule has 1 aromatic heterocycles. The van der Waals surface area contributed by atoms with Gasteiger partial charge in [0.1, 0.15) is 5.75 Å². The van der Waals surface area contributed by atoms with Crippen LogP contribution >= 0.6 is 0 Å². The Morgan fingerprint density at radius 3 is 2.38 bits per heavy atom. The first-order valence-corrected chi connectivity index (χ1v) is 8.17. The van der Waals surface area contributed by atoms with Crippen molar-refractivity contribution >= 4 is 22.8 Å². The average Bonchev–Trinajstić information content (AvgIpc) is 2.92. The second kappa shape index (κ2) is 6.92. The van der Waals surface area contributed by atoms with Crippen molar-refractivity contribution in [1.29, 1.82) is 0 Å². The van der Waals surface area contributed by atoms with E-state index in [1.165, 1.54) is 7.11 Å². The van der Waals surface area contributed by atoms with Crippen molar-refractivity contribution in [2.45, 2.75) is 13.8 Å². The van der Waals surface area contributed by atoms with Crippen LogP contribution in [0.25, 0.3) is 16.6 Å². The van der Waals surface area contributed by atoms with E-state index in [2.05, 4.69) is 0 Å². The van der Waals surface area contributed by atoms with Crippen LogP contribution in [0, 0.1) is 6.92 Å². The molecule has 0 saturated heterocycles. The summed E-state index contributed by atoms with van der Waals surface area (Å²) < 4.78 is 11.8. The van der Waals surface area contributed by atoms with Crippen LogP contribution in [0.5, 0.6) is 5.75 Å². The lowest BCUT2D eigenvalue weighted by Gasteiger charge is -2.09. The first kappa shape index (κ1) is 17.5. The van der Waals surface area contributed by atoms with Gasteiger partial charge in [-0.05, 0) is 56.3 Å². The number of fused-ring (bicyclic) bond motifs is 1. The number of phenolic OH excluding ortho intramolecular Hbond substituents is 1. The van der Waals surface area contributed by atoms with E-state index in [4.69, 9.17) is 9.47 Å². The molecule has 0 fully saturated rings. The van der Waals surface area contributed by atoms with Gasteiger partial charge in [-0.1, -0.05) is 0 Å². The highest BCUT2D eigenvalue weighted by Crippen LogP contribution is 2.32. The first-order valence-electron chi connectivity index (χ1n) is 8.17. The Morgan fingerprint density at radius 2 is 1.77 bits per heavy atom. The predicted octanol–water partition coefficient (Wildman–Crippen LogP) is 3.61. The summed E-state index contributed by atoms with van der Waals surface area (Å²) in [5.74, 6) is -0.783. The Balaban J connectivity index is 2.21. The second-order valence-corrected chi connectivity index (χ2v) is 5.76. The number of nitrogens with zero attached hydrogens (tertiary/aromatic N) is 1. The normalized spacial score (nSPS) is 10.7. The third kappa shape index (κ3) is 2.90. The van der Waals surface area contributed by atoms with Gasteiger partial charge in [-0.2, -0.15) is 0 Å². The number of methoxy groups -OCH3 is 1. The van der Waals surface area contributed by atoms with Crippen molar-refractivity contribution in [1.82, 2.24) is 4.57 Å². The Kier molecular flexibility index (Phi) is 4.67. The standard InChI is InChI=1S/C20H19NO5/c1-4-26-20(24)18-12(2)21(17-10-9-15(22)11-16(17)18)14-7-5-13(6-8-14)19(23)25-3/h5-11,22H,4H2,1-3H3. The monoisotopic (exact) mass is 353 g/mol. The zero-order valence-corrected chi connectivity index (χ0v) is 14.8. The molecule has 0 bridgehead atoms. The summed E-state index contributed by atoms with van der Waals surface area (Å²) in [6.07, 6.45) is 0. The van der Waals surface area contributed by atoms with Crippen molar-refractivity contribution in [3.63, 3.8) is 0 Å². The lowest BCUT2D eigenvalue weighted by molar-refractivity contribution is 0.0526. The molecule has 0 amide bonds. The fourth-order valence-corrected chi connectivity index (χ4v) is 3.06. The van der Waals surface area contributed by atoms with Crippen LogP contribution in [0.15, 0.2) is 42.5 Å². The highest BCUT2D eigenvalue weighted by molar-refractivity contribution is 6.07. The number of phenols is 1. The van der Waals surface area contributed by atoms with Crippen molar-refractivity contribution in [3.8, 4) is 11.4 Å². The molecule has 0 spiro atoms. The smallest absolute Gasteiger partial charge is 0.340 e. The number of carbonyl (C=O) groups is 2. The molecule has 2 aromatic carbocycles. The maximum atomic E-state index is 12.4. The summed E-state index contributed by atoms with van der Waals surface area (Å²) in [5, 5.41) is 10.5. The Labute approximate surface area is 150 Å². The molecule has 0 unspecified atom stereocenters. The molecule has 1 heterocycles. The van der Waals surface area contributed by atoms with Gasteiger partial charge in [0.2, 0.25) is 0 Å². The average molecular weight is 353 g/mol. The molecular weight excluding hydrogens is 334 g/mol. The topological polar surface area (TPSA) is 77.8 Å². The molecule has 0 aliphatic rings. The summed E-state index contributed by atoms with van der Waals surface area (Å²) in [6, 6.07) is 11.7. The number of hydrogen-bond donors (Lipinski definition) is 1. The number of esters is 2. The van der Waals surface area contributed by atoms with Gasteiger partial charge in [-0.15, -0.1) is 0 Å². The summed E-state index contributed by atoms with van der Waals surface area (Å²) in [6.45, 7) is 3.82. The Hall–Kier alpha value is -3.28. The second-order valence-electron chi connectivity index (χ2n) is 5.76. The van der Waals surface area contributed by atoms with Gasteiger partial charge in [0, 0.05) is 16.8 Å². The fraction of sp³-hybridized carbons (Fsp3) is 0.200. The first-order chi connectivity index (χ1) is 12.5. The van der Waals surface area contributed by atoms with Crippen molar-refractivity contribution in [2.24, 2.45) is 0 Å². The molecule has 6 heteroatoms. The van der Waals surface area contributed by atoms with Gasteiger partial charge in [0.15, 0.2) is 0 Å². The molecule has 134 valence electrons. The van der Waals surface area contributed by atoms with E-state index < -0.39 is 11.9 Å². The molecule has 0 aliphatic heterocycles. The molecule has 3 aromatic rings. The molecule has 0 atom stereocenters. The van der Waals surface area contributed by atoms with Crippen molar-refractivity contribution in [3.05, 3.63) is 59.3 Å². The van der Waals surface area contributed by atoms with E-state index in [-0.39, 0.29) is 12.4 Å². The van der Waals surface area contributed by atoms with Crippen LogP contribution in [0.2, 0.25) is 0 Å². The lowest BCUT2D eigenvalue weighted by atomic mass is 10.1. The highest BCUT2D eigenvalue weighted by Gasteiger charge is 2.22. The van der Waals surface area contributed by atoms with Crippen LogP contribution in [-0.4, -0.2) is 35.3 Å². The zero-order valence-electron chi connectivity index (χ0n) is 14.8. The zero-order chi connectivity index (χ0) is 18.8. The maximum Gasteiger partial charge on any atom is 0.340 e. The molecule has 26 heavy (non-hydrogen) atoms. The lowest BCUT2D eigenvalue weighted by Crippen LogP contribution is -2.07. The van der Waals surface area contributed by atoms with Crippen LogP contribution < -0.4 is 0 Å². The molecule has 3 rings (SSSR count). The van der Waals surface area contributed by atoms with Crippen LogP contribution in [-0.2, 0) is 9.47 Å². The van der Waals surface area contributed by atoms with Gasteiger partial charge in [0.05, 0.1) is 30.4 Å². The Bertz CT molecular complexity index is 986. The van der Waals surface area contributed by atoms with Gasteiger partial charge in [0.25, 0.3) is 0 Å². The van der Waals surface area contributed by atoms with E-state index in [1.807, 2.05) is 11.5 Å². The summed E-state index contributed by atoms with van der Waals surface area (Å²) in [5.41, 5.74) is 3.08. The number of rotatable bonds is 4. The summed E-state index contributed by atoms with van der Waals surface area (Å²) >= 11 is 0. The fourth-order valence-electron chi connectivity index (χ4n) is 3.06. The molecule has 0 aliphatic carbocycles. The van der Waals surface area contributed by atoms with Gasteiger partial charge in [-0.25, -0.2) is 9.59 Å². The minimum absolute atomic E-state index is 0.0706. The molecule has 0 saturated carbocycles. The van der Waals surface area contributed by atoms with E-state index in [9.17, 15) is 14.7 Å². The minimum Gasteiger partial charge on any atom is -0.508 e. The third-order valence-electron chi connectivity index (χ3n) is 4.21. The van der Waals surface area contributed by atoms with E-state index >= 15 is 0 Å². The predicted molar refractivity (Wildman–Crippen MR) is 97.0 cm³/mol. The van der Waals surface area contributed by atoms with Crippen molar-refractivity contribution in [2.75, 3.05) is 13.7 Å². The quantitative estimate of drug-likeness (QED) is 0.725. The molecule has 0 radical (unpaired) electrons. The van der Waals surface area contributed by atoms with E-state index in [0.29, 0.717) is 22.2 Å². The Morgan fingerprint density at radius 1 is 1.08 bits per heavy atom. The highest BCUT2D eigenvalue weighted by atomic mass is 16.5. The van der Waals surface area contributed by atoms with Crippen molar-refractivity contribution < 1.29 is 24.2 Å². The summed E-state index contributed by atoms with van der Waals surface area (Å²) in [7, 11) is 1.33. The van der Waals surface area contributed by atoms with Gasteiger partial charge >= 0.3 is 11.9 Å². The molecular formula is C20H19NO5. The maximum absolute atomic E-state index is 12.4. The number of benzene rings is 2. The van der Waals surface area contributed by atoms with E-state index in [1.54, 1.807) is 49.4 Å². The third-order valence-corrected chi connectivity index (χ3v) is 4.21. The number of aromatic nitrogens is 1. The number of ether oxygens (including phenoxy) is 2. The van der Waals surface area contributed by atoms with Crippen LogP contribution in [0.4, 0.5) is 0 Å². The van der Waals surface area contributed by atoms with Gasteiger partial charge in [-0.3, -0.25) is 0 Å². The van der Waals surface area contributed by atoms with Crippen LogP contribution in [0.1, 0.15) is 33.3 Å². The van der Waals surface area contributed by atoms with Crippen LogP contribution in [0.3, 0.4) is 0 Å². The molecule has 1 N–H and O–H groups in total.